The average Bonchev–Trinajstić information content (AvgIpc) is 3.24. The predicted octanol–water partition coefficient (Wildman–Crippen LogP) is 17.2. The topological polar surface area (TPSA) is 0 Å². The van der Waals surface area contributed by atoms with E-state index in [4.69, 9.17) is 69.6 Å². The third-order valence-corrected chi connectivity index (χ3v) is 16.3. The molecule has 4 bridgehead atoms. The van der Waals surface area contributed by atoms with Crippen molar-refractivity contribution in [1.82, 2.24) is 0 Å². The molecular formula is C60H54Cl6. The Morgan fingerprint density at radius 3 is 0.818 bits per heavy atom. The van der Waals surface area contributed by atoms with Crippen molar-refractivity contribution in [2.45, 2.75) is 137 Å². The lowest BCUT2D eigenvalue weighted by Crippen LogP contribution is -2.18. The van der Waals surface area contributed by atoms with E-state index in [2.05, 4.69) is 191 Å². The van der Waals surface area contributed by atoms with Crippen LogP contribution in [0.5, 0.6) is 0 Å². The van der Waals surface area contributed by atoms with Gasteiger partial charge in [0.25, 0.3) is 0 Å². The van der Waals surface area contributed by atoms with E-state index in [1.807, 2.05) is 12.1 Å². The zero-order valence-electron chi connectivity index (χ0n) is 39.7. The van der Waals surface area contributed by atoms with E-state index >= 15 is 0 Å². The van der Waals surface area contributed by atoms with Gasteiger partial charge in [0.15, 0.2) is 0 Å². The minimum Gasteiger partial charge on any atom is -0.116 e. The molecule has 0 aliphatic heterocycles. The molecule has 0 amide bonds. The highest BCUT2D eigenvalue weighted by Crippen LogP contribution is 2.51. The van der Waals surface area contributed by atoms with E-state index in [-0.39, 0.29) is 21.7 Å². The molecule has 0 aromatic heterocycles. The van der Waals surface area contributed by atoms with Crippen molar-refractivity contribution in [3.05, 3.63) is 173 Å². The fraction of sp³-hybridized carbons (Fsp3) is 0.367. The number of hydrogen-bond donors (Lipinski definition) is 0. The Morgan fingerprint density at radius 1 is 0.273 bits per heavy atom. The van der Waals surface area contributed by atoms with E-state index < -0.39 is 32.3 Å². The Hall–Kier alpha value is -3.92. The normalized spacial score (nSPS) is 20.9. The molecule has 3 aliphatic carbocycles. The zero-order valence-corrected chi connectivity index (χ0v) is 44.2. The predicted molar refractivity (Wildman–Crippen MR) is 282 cm³/mol. The first-order valence-corrected chi connectivity index (χ1v) is 25.1. The molecule has 0 nitrogen and oxygen atoms in total. The largest absolute Gasteiger partial charge is 0.116 e. The molecule has 6 heteroatoms. The van der Waals surface area contributed by atoms with E-state index in [1.54, 1.807) is 0 Å². The summed E-state index contributed by atoms with van der Waals surface area (Å²) in [4.78, 5) is 0. The first kappa shape index (κ1) is 48.5. The Bertz CT molecular complexity index is 2880. The molecule has 0 radical (unpaired) electrons. The number of benzene rings is 5. The summed E-state index contributed by atoms with van der Waals surface area (Å²) in [6.45, 7) is 26.2. The summed E-state index contributed by atoms with van der Waals surface area (Å²) in [6.07, 6.45) is 0. The van der Waals surface area contributed by atoms with Crippen molar-refractivity contribution >= 4 is 69.6 Å². The maximum absolute atomic E-state index is 7.89. The Balaban J connectivity index is 1.60. The van der Waals surface area contributed by atoms with Gasteiger partial charge in [0, 0.05) is 33.4 Å². The Morgan fingerprint density at radius 2 is 0.530 bits per heavy atom. The first-order chi connectivity index (χ1) is 30.7. The molecule has 0 saturated carbocycles. The summed E-state index contributed by atoms with van der Waals surface area (Å²) in [5.74, 6) is 28.6. The average molecular weight is 988 g/mol. The van der Waals surface area contributed by atoms with E-state index in [0.29, 0.717) is 33.4 Å². The molecule has 0 N–H and O–H groups in total. The smallest absolute Gasteiger partial charge is 0.0802 e. The molecule has 66 heavy (non-hydrogen) atoms. The summed E-state index contributed by atoms with van der Waals surface area (Å²) in [5, 5.41) is -4.45. The van der Waals surface area contributed by atoms with E-state index in [9.17, 15) is 0 Å². The van der Waals surface area contributed by atoms with Crippen LogP contribution in [0.15, 0.2) is 72.8 Å². The van der Waals surface area contributed by atoms with Crippen LogP contribution >= 0.6 is 69.6 Å². The van der Waals surface area contributed by atoms with Crippen molar-refractivity contribution in [3.63, 3.8) is 0 Å². The highest BCUT2D eigenvalue weighted by molar-refractivity contribution is 6.32. The van der Waals surface area contributed by atoms with Crippen LogP contribution in [0.1, 0.15) is 215 Å². The molecule has 0 saturated heterocycles. The van der Waals surface area contributed by atoms with Gasteiger partial charge in [0.1, 0.15) is 0 Å². The second-order valence-corrected chi connectivity index (χ2v) is 24.8. The number of alkyl halides is 6. The van der Waals surface area contributed by atoms with E-state index in [1.165, 1.54) is 0 Å². The van der Waals surface area contributed by atoms with Crippen molar-refractivity contribution in [1.29, 1.82) is 0 Å². The van der Waals surface area contributed by atoms with Gasteiger partial charge in [-0.1, -0.05) is 179 Å². The summed E-state index contributed by atoms with van der Waals surface area (Å²) >= 11 is 46.4. The summed E-state index contributed by atoms with van der Waals surface area (Å²) in [5.41, 5.74) is 13.7. The highest BCUT2D eigenvalue weighted by atomic mass is 35.5. The van der Waals surface area contributed by atoms with Crippen LogP contribution < -0.4 is 0 Å². The van der Waals surface area contributed by atoms with Crippen LogP contribution in [0.25, 0.3) is 0 Å². The van der Waals surface area contributed by atoms with Crippen LogP contribution in [-0.4, -0.2) is 0 Å². The third-order valence-electron chi connectivity index (χ3n) is 13.0. The minimum atomic E-state index is -0.806. The van der Waals surface area contributed by atoms with Gasteiger partial charge in [-0.25, -0.2) is 0 Å². The molecule has 5 aromatic rings. The molecule has 6 unspecified atom stereocenters. The van der Waals surface area contributed by atoms with Crippen LogP contribution in [-0.2, 0) is 21.7 Å². The van der Waals surface area contributed by atoms with Crippen LogP contribution in [0.2, 0.25) is 0 Å². The number of hydrogen-bond acceptors (Lipinski definition) is 0. The van der Waals surface area contributed by atoms with Crippen molar-refractivity contribution < 1.29 is 0 Å². The fourth-order valence-electron chi connectivity index (χ4n) is 8.68. The van der Waals surface area contributed by atoms with Gasteiger partial charge in [0.05, 0.1) is 43.4 Å². The third kappa shape index (κ3) is 9.19. The highest BCUT2D eigenvalue weighted by Gasteiger charge is 2.36. The molecule has 0 heterocycles. The van der Waals surface area contributed by atoms with Crippen LogP contribution in [0.4, 0.5) is 0 Å². The SMILES string of the molecule is CC(C)(C)c1ccc2c(c1)C#Cc1ccc3c4c1C#Cc1c(cc(C(C)(C)C)cc1C(Cl)C(Cl)c1cc(C(C)(C)C)cc(c1C#C4)C(Cl)C(Cl)c1ccc(C(C)(C)C)cc1C#C3)C(Cl)C2Cl. The van der Waals surface area contributed by atoms with Gasteiger partial charge in [-0.15, -0.1) is 69.6 Å². The van der Waals surface area contributed by atoms with Gasteiger partial charge in [-0.3, -0.25) is 0 Å². The standard InChI is InChI=1S/C60H54Cl6/c1-57(2,3)37-19-21-43-35(27-37)17-15-33-13-14-34-16-18-36-28-38(58(4,5)6)20-22-44(36)52(62)54(64)48-30-40(60(10,11)12)32-50-46(48)26-24-42(34)41(33)23-25-45-47(53(63)51(43)61)29-39(59(7,8)9)31-49(45)55(65)56(50)66/h13-14,19-22,27-32,51-56H,1-12H3. The fourth-order valence-corrected chi connectivity index (χ4v) is 10.6. The molecule has 0 fully saturated rings. The monoisotopic (exact) mass is 984 g/mol. The molecule has 8 rings (SSSR count). The molecule has 0 spiro atoms. The number of fused-ring (bicyclic) bond motifs is 2. The molecular weight excluding hydrogens is 933 g/mol. The number of rotatable bonds is 0. The molecule has 3 aliphatic rings. The van der Waals surface area contributed by atoms with Gasteiger partial charge in [0.2, 0.25) is 0 Å². The minimum absolute atomic E-state index is 0.143. The lowest BCUT2D eigenvalue weighted by atomic mass is 9.79. The molecule has 6 atom stereocenters. The molecule has 5 aromatic carbocycles. The number of halogens is 6. The Kier molecular flexibility index (Phi) is 12.9. The van der Waals surface area contributed by atoms with Gasteiger partial charge in [-0.2, -0.15) is 0 Å². The zero-order chi connectivity index (χ0) is 48.0. The van der Waals surface area contributed by atoms with Crippen LogP contribution in [0, 0.1) is 47.4 Å². The summed E-state index contributed by atoms with van der Waals surface area (Å²) < 4.78 is 0. The van der Waals surface area contributed by atoms with Gasteiger partial charge < -0.3 is 0 Å². The van der Waals surface area contributed by atoms with E-state index in [0.717, 1.165) is 66.8 Å². The molecule has 336 valence electrons. The van der Waals surface area contributed by atoms with Crippen LogP contribution in [0.3, 0.4) is 0 Å². The summed E-state index contributed by atoms with van der Waals surface area (Å²) in [7, 11) is 0. The lowest BCUT2D eigenvalue weighted by molar-refractivity contribution is 0.585. The van der Waals surface area contributed by atoms with Crippen molar-refractivity contribution in [2.75, 3.05) is 0 Å². The maximum atomic E-state index is 7.89. The summed E-state index contributed by atoms with van der Waals surface area (Å²) in [6, 6.07) is 25.2. The quantitative estimate of drug-likeness (QED) is 0.107. The lowest BCUT2D eigenvalue weighted by Gasteiger charge is -2.31. The second kappa shape index (κ2) is 17.6. The van der Waals surface area contributed by atoms with Crippen molar-refractivity contribution in [2.24, 2.45) is 0 Å². The Labute approximate surface area is 423 Å². The second-order valence-electron chi connectivity index (χ2n) is 22.0. The first-order valence-electron chi connectivity index (χ1n) is 22.5. The van der Waals surface area contributed by atoms with Crippen molar-refractivity contribution in [3.8, 4) is 47.4 Å². The maximum Gasteiger partial charge on any atom is 0.0802 e. The van der Waals surface area contributed by atoms with Gasteiger partial charge >= 0.3 is 0 Å². The van der Waals surface area contributed by atoms with Gasteiger partial charge in [-0.05, 0) is 102 Å².